The van der Waals surface area contributed by atoms with Crippen LogP contribution in [0, 0.1) is 0 Å². The van der Waals surface area contributed by atoms with Crippen LogP contribution in [0.25, 0.3) is 0 Å². The second-order valence-electron chi connectivity index (χ2n) is 9.12. The third kappa shape index (κ3) is 6.00. The maximum Gasteiger partial charge on any atom is 0.161 e. The Bertz CT molecular complexity index is 687. The van der Waals surface area contributed by atoms with E-state index in [2.05, 4.69) is 37.8 Å². The van der Waals surface area contributed by atoms with Crippen molar-refractivity contribution in [3.8, 4) is 11.5 Å². The van der Waals surface area contributed by atoms with Crippen LogP contribution >= 0.6 is 0 Å². The molecule has 3 rings (SSSR count). The Kier molecular flexibility index (Phi) is 9.05. The molecule has 0 aromatic heterocycles. The van der Waals surface area contributed by atoms with Crippen LogP contribution in [-0.2, 0) is 11.2 Å². The fraction of sp³-hybridized carbons (Fsp3) is 0.731. The number of fused-ring (bicyclic) bond motifs is 3. The first-order chi connectivity index (χ1) is 14.6. The van der Waals surface area contributed by atoms with E-state index in [4.69, 9.17) is 9.47 Å². The summed E-state index contributed by atoms with van der Waals surface area (Å²) >= 11 is 0. The molecule has 1 aromatic rings. The highest BCUT2D eigenvalue weighted by Gasteiger charge is 2.37. The number of Topliss-reactive ketones (excluding diaryl/α,β-unsaturated/α-hetero) is 1. The number of hydrogen-bond donors (Lipinski definition) is 0. The molecule has 0 amide bonds. The Morgan fingerprint density at radius 2 is 1.53 bits per heavy atom. The minimum absolute atomic E-state index is 0.200. The number of piperidine rings is 1. The van der Waals surface area contributed by atoms with Crippen LogP contribution in [-0.4, -0.2) is 36.5 Å². The normalized spacial score (nSPS) is 21.2. The van der Waals surface area contributed by atoms with Crippen molar-refractivity contribution >= 4 is 5.78 Å². The molecule has 168 valence electrons. The van der Waals surface area contributed by atoms with E-state index in [1.54, 1.807) is 0 Å². The molecular weight excluding hydrogens is 374 g/mol. The minimum atomic E-state index is 0.200. The summed E-state index contributed by atoms with van der Waals surface area (Å²) in [5.74, 6) is 2.15. The van der Waals surface area contributed by atoms with Crippen molar-refractivity contribution in [1.82, 2.24) is 4.90 Å². The molecule has 0 spiro atoms. The third-order valence-electron chi connectivity index (χ3n) is 6.63. The molecule has 0 bridgehead atoms. The highest BCUT2D eigenvalue weighted by atomic mass is 16.5. The van der Waals surface area contributed by atoms with E-state index in [0.29, 0.717) is 24.7 Å². The smallest absolute Gasteiger partial charge is 0.161 e. The molecule has 1 saturated heterocycles. The Balaban J connectivity index is 1.75. The van der Waals surface area contributed by atoms with Gasteiger partial charge in [0, 0.05) is 31.5 Å². The molecule has 0 unspecified atom stereocenters. The maximum atomic E-state index is 12.3. The monoisotopic (exact) mass is 415 g/mol. The van der Waals surface area contributed by atoms with Crippen molar-refractivity contribution in [2.75, 3.05) is 19.8 Å². The number of unbranched alkanes of at least 4 members (excludes halogenated alkanes) is 6. The van der Waals surface area contributed by atoms with Crippen molar-refractivity contribution in [1.29, 1.82) is 0 Å². The number of nitrogens with zero attached hydrogens (tertiary/aromatic N) is 1. The molecule has 4 nitrogen and oxygen atoms in total. The van der Waals surface area contributed by atoms with Crippen LogP contribution in [0.2, 0.25) is 0 Å². The zero-order chi connectivity index (χ0) is 21.3. The molecule has 0 radical (unpaired) electrons. The van der Waals surface area contributed by atoms with Gasteiger partial charge in [-0.05, 0) is 49.4 Å². The van der Waals surface area contributed by atoms with Crippen LogP contribution < -0.4 is 9.47 Å². The zero-order valence-corrected chi connectivity index (χ0v) is 19.4. The maximum absolute atomic E-state index is 12.3. The molecule has 0 aliphatic carbocycles. The van der Waals surface area contributed by atoms with E-state index in [1.807, 2.05) is 0 Å². The van der Waals surface area contributed by atoms with E-state index in [1.165, 1.54) is 49.7 Å². The molecule has 30 heavy (non-hydrogen) atoms. The highest BCUT2D eigenvalue weighted by molar-refractivity contribution is 5.81. The lowest BCUT2D eigenvalue weighted by atomic mass is 9.84. The summed E-state index contributed by atoms with van der Waals surface area (Å²) in [5, 5.41) is 0. The lowest BCUT2D eigenvalue weighted by Gasteiger charge is -2.44. The van der Waals surface area contributed by atoms with Crippen molar-refractivity contribution in [3.05, 3.63) is 23.3 Å². The summed E-state index contributed by atoms with van der Waals surface area (Å²) in [4.78, 5) is 14.8. The number of hydrogen-bond acceptors (Lipinski definition) is 4. The summed E-state index contributed by atoms with van der Waals surface area (Å²) in [5.41, 5.74) is 2.61. The van der Waals surface area contributed by atoms with Gasteiger partial charge in [0.25, 0.3) is 0 Å². The van der Waals surface area contributed by atoms with Crippen LogP contribution in [0.15, 0.2) is 12.1 Å². The van der Waals surface area contributed by atoms with Gasteiger partial charge in [-0.2, -0.15) is 0 Å². The zero-order valence-electron chi connectivity index (χ0n) is 19.4. The van der Waals surface area contributed by atoms with Gasteiger partial charge in [-0.1, -0.05) is 52.4 Å². The number of rotatable bonds is 12. The van der Waals surface area contributed by atoms with E-state index >= 15 is 0 Å². The van der Waals surface area contributed by atoms with Crippen LogP contribution in [0.1, 0.15) is 102 Å². The van der Waals surface area contributed by atoms with Gasteiger partial charge in [-0.15, -0.1) is 0 Å². The van der Waals surface area contributed by atoms with E-state index < -0.39 is 0 Å². The fourth-order valence-corrected chi connectivity index (χ4v) is 4.88. The summed E-state index contributed by atoms with van der Waals surface area (Å²) in [6.45, 7) is 9.15. The lowest BCUT2D eigenvalue weighted by molar-refractivity contribution is -0.125. The summed E-state index contributed by atoms with van der Waals surface area (Å²) in [6.07, 6.45) is 11.9. The Labute approximate surface area is 183 Å². The van der Waals surface area contributed by atoms with E-state index in [-0.39, 0.29) is 6.04 Å². The van der Waals surface area contributed by atoms with Crippen molar-refractivity contribution in [2.45, 2.75) is 103 Å². The number of ether oxygens (including phenoxy) is 2. The van der Waals surface area contributed by atoms with Crippen molar-refractivity contribution in [2.24, 2.45) is 0 Å². The molecule has 1 aromatic carbocycles. The van der Waals surface area contributed by atoms with E-state index in [0.717, 1.165) is 50.5 Å². The average Bonchev–Trinajstić information content (AvgIpc) is 2.73. The van der Waals surface area contributed by atoms with Gasteiger partial charge in [-0.25, -0.2) is 0 Å². The molecule has 1 fully saturated rings. The standard InChI is InChI=1S/C26H41NO3/c1-4-6-8-10-14-29-25-17-21-12-13-27-20(3)16-22(28)18-24(27)23(21)19-26(25)30-15-11-9-7-5-2/h17,19-20,24H,4-16,18H2,1-3H3/t20-,24+/m1/s1. The summed E-state index contributed by atoms with van der Waals surface area (Å²) < 4.78 is 12.4. The number of carbonyl (C=O) groups is 1. The molecule has 2 heterocycles. The Hall–Kier alpha value is -1.55. The molecule has 2 atom stereocenters. The number of carbonyl (C=O) groups excluding carboxylic acids is 1. The first-order valence-electron chi connectivity index (χ1n) is 12.3. The van der Waals surface area contributed by atoms with Gasteiger partial charge in [0.15, 0.2) is 11.5 Å². The van der Waals surface area contributed by atoms with Crippen LogP contribution in [0.3, 0.4) is 0 Å². The first kappa shape index (κ1) is 23.1. The number of benzene rings is 1. The Morgan fingerprint density at radius 1 is 0.900 bits per heavy atom. The molecule has 2 aliphatic rings. The number of ketones is 1. The summed E-state index contributed by atoms with van der Waals surface area (Å²) in [7, 11) is 0. The quantitative estimate of drug-likeness (QED) is 0.378. The van der Waals surface area contributed by atoms with Gasteiger partial charge in [0.05, 0.1) is 13.2 Å². The van der Waals surface area contributed by atoms with Gasteiger partial charge < -0.3 is 9.47 Å². The highest BCUT2D eigenvalue weighted by Crippen LogP contribution is 2.42. The molecule has 0 N–H and O–H groups in total. The van der Waals surface area contributed by atoms with Gasteiger partial charge in [0.2, 0.25) is 0 Å². The second kappa shape index (κ2) is 11.7. The lowest BCUT2D eigenvalue weighted by Crippen LogP contribution is -2.46. The van der Waals surface area contributed by atoms with Crippen LogP contribution in [0.4, 0.5) is 0 Å². The first-order valence-corrected chi connectivity index (χ1v) is 12.3. The van der Waals surface area contributed by atoms with Crippen molar-refractivity contribution < 1.29 is 14.3 Å². The average molecular weight is 416 g/mol. The van der Waals surface area contributed by atoms with Gasteiger partial charge in [-0.3, -0.25) is 9.69 Å². The molecule has 4 heteroatoms. The van der Waals surface area contributed by atoms with Gasteiger partial charge in [0.1, 0.15) is 5.78 Å². The minimum Gasteiger partial charge on any atom is -0.490 e. The fourth-order valence-electron chi connectivity index (χ4n) is 4.88. The predicted octanol–water partition coefficient (Wildman–Crippen LogP) is 6.26. The predicted molar refractivity (Wildman–Crippen MR) is 123 cm³/mol. The van der Waals surface area contributed by atoms with Crippen LogP contribution in [0.5, 0.6) is 11.5 Å². The summed E-state index contributed by atoms with van der Waals surface area (Å²) in [6, 6.07) is 4.93. The molecular formula is C26H41NO3. The topological polar surface area (TPSA) is 38.8 Å². The van der Waals surface area contributed by atoms with Gasteiger partial charge >= 0.3 is 0 Å². The Morgan fingerprint density at radius 3 is 2.17 bits per heavy atom. The largest absolute Gasteiger partial charge is 0.490 e. The van der Waals surface area contributed by atoms with E-state index in [9.17, 15) is 4.79 Å². The van der Waals surface area contributed by atoms with Crippen molar-refractivity contribution in [3.63, 3.8) is 0 Å². The second-order valence-corrected chi connectivity index (χ2v) is 9.12. The SMILES string of the molecule is CCCCCCOc1cc2c(cc1OCCCCCC)[C@@H]1CC(=O)C[C@@H](C)N1CC2. The third-order valence-corrected chi connectivity index (χ3v) is 6.63. The molecule has 0 saturated carbocycles. The molecule has 2 aliphatic heterocycles.